The highest BCUT2D eigenvalue weighted by molar-refractivity contribution is 7.89. The van der Waals surface area contributed by atoms with Crippen LogP contribution in [0, 0.1) is 0 Å². The molecule has 1 saturated heterocycles. The number of nitrogens with zero attached hydrogens (tertiary/aromatic N) is 1. The van der Waals surface area contributed by atoms with Crippen LogP contribution >= 0.6 is 0 Å². The Balaban J connectivity index is 1.56. The van der Waals surface area contributed by atoms with Crippen LogP contribution in [0.4, 0.5) is 0 Å². The molecule has 1 heterocycles. The molecule has 8 heteroatoms. The van der Waals surface area contributed by atoms with E-state index in [1.54, 1.807) is 31.2 Å². The van der Waals surface area contributed by atoms with Crippen molar-refractivity contribution in [1.29, 1.82) is 0 Å². The first kappa shape index (κ1) is 21.1. The fourth-order valence-electron chi connectivity index (χ4n) is 3.77. The molecule has 1 aliphatic carbocycles. The third-order valence-electron chi connectivity index (χ3n) is 5.67. The Hall–Kier alpha value is -1.64. The van der Waals surface area contributed by atoms with Gasteiger partial charge in [0.25, 0.3) is 5.91 Å². The van der Waals surface area contributed by atoms with E-state index >= 15 is 0 Å². The van der Waals surface area contributed by atoms with Crippen molar-refractivity contribution in [3.8, 4) is 5.75 Å². The van der Waals surface area contributed by atoms with E-state index in [1.165, 1.54) is 15.6 Å². The lowest BCUT2D eigenvalue weighted by atomic mass is 9.95. The van der Waals surface area contributed by atoms with Crippen molar-refractivity contribution in [2.75, 3.05) is 33.2 Å². The first-order chi connectivity index (χ1) is 13.4. The maximum Gasteiger partial charge on any atom is 0.260 e. The number of benzene rings is 1. The predicted molar refractivity (Wildman–Crippen MR) is 107 cm³/mol. The SMILES string of the molecule is C[C@@H](Oc1ccc(S(=O)(=O)N2CC[NH+](C)CC2)cc1)C(=O)NC1CCCCC1. The summed E-state index contributed by atoms with van der Waals surface area (Å²) in [5, 5.41) is 3.05. The molecule has 0 radical (unpaired) electrons. The van der Waals surface area contributed by atoms with Crippen LogP contribution in [0.1, 0.15) is 39.0 Å². The molecule has 2 N–H and O–H groups in total. The molecular formula is C20H32N3O4S+. The number of hydrogen-bond donors (Lipinski definition) is 2. The normalized spacial score (nSPS) is 21.2. The lowest BCUT2D eigenvalue weighted by molar-refractivity contribution is -0.883. The van der Waals surface area contributed by atoms with Crippen molar-refractivity contribution in [1.82, 2.24) is 9.62 Å². The fraction of sp³-hybridized carbons (Fsp3) is 0.650. The fourth-order valence-corrected chi connectivity index (χ4v) is 5.21. The van der Waals surface area contributed by atoms with E-state index in [4.69, 9.17) is 4.74 Å². The number of likely N-dealkylation sites (N-methyl/N-ethyl adjacent to an activating group) is 1. The number of nitrogens with one attached hydrogen (secondary N) is 2. The van der Waals surface area contributed by atoms with Crippen molar-refractivity contribution in [2.24, 2.45) is 0 Å². The molecule has 1 aromatic carbocycles. The summed E-state index contributed by atoms with van der Waals surface area (Å²) in [6.45, 7) is 4.41. The number of quaternary nitrogens is 1. The van der Waals surface area contributed by atoms with E-state index in [2.05, 4.69) is 12.4 Å². The Bertz CT molecular complexity index is 752. The molecule has 2 fully saturated rings. The van der Waals surface area contributed by atoms with Crippen LogP contribution in [-0.2, 0) is 14.8 Å². The van der Waals surface area contributed by atoms with E-state index in [-0.39, 0.29) is 16.8 Å². The van der Waals surface area contributed by atoms with Crippen LogP contribution in [0.25, 0.3) is 0 Å². The van der Waals surface area contributed by atoms with E-state index in [1.807, 2.05) is 0 Å². The average molecular weight is 411 g/mol. The highest BCUT2D eigenvalue weighted by Crippen LogP contribution is 2.21. The summed E-state index contributed by atoms with van der Waals surface area (Å²) in [4.78, 5) is 13.9. The Morgan fingerprint density at radius 2 is 1.75 bits per heavy atom. The Morgan fingerprint density at radius 1 is 1.14 bits per heavy atom. The number of carbonyl (C=O) groups is 1. The lowest BCUT2D eigenvalue weighted by Crippen LogP contribution is -3.12. The third-order valence-corrected chi connectivity index (χ3v) is 7.58. The summed E-state index contributed by atoms with van der Waals surface area (Å²) in [6, 6.07) is 6.60. The molecule has 0 aromatic heterocycles. The molecule has 1 aliphatic heterocycles. The predicted octanol–water partition coefficient (Wildman–Crippen LogP) is 0.422. The highest BCUT2D eigenvalue weighted by atomic mass is 32.2. The second-order valence-electron chi connectivity index (χ2n) is 7.94. The molecule has 0 spiro atoms. The summed E-state index contributed by atoms with van der Waals surface area (Å²) in [5.41, 5.74) is 0. The minimum absolute atomic E-state index is 0.122. The van der Waals surface area contributed by atoms with E-state index < -0.39 is 16.1 Å². The molecule has 1 atom stereocenters. The minimum Gasteiger partial charge on any atom is -0.481 e. The quantitative estimate of drug-likeness (QED) is 0.713. The average Bonchev–Trinajstić information content (AvgIpc) is 2.69. The van der Waals surface area contributed by atoms with Crippen molar-refractivity contribution in [3.63, 3.8) is 0 Å². The van der Waals surface area contributed by atoms with E-state index in [0.717, 1.165) is 38.8 Å². The van der Waals surface area contributed by atoms with Crippen LogP contribution in [0.5, 0.6) is 5.75 Å². The monoisotopic (exact) mass is 410 g/mol. The van der Waals surface area contributed by atoms with Gasteiger partial charge < -0.3 is 15.0 Å². The van der Waals surface area contributed by atoms with Gasteiger partial charge in [-0.1, -0.05) is 19.3 Å². The first-order valence-electron chi connectivity index (χ1n) is 10.2. The summed E-state index contributed by atoms with van der Waals surface area (Å²) < 4.78 is 32.8. The van der Waals surface area contributed by atoms with Gasteiger partial charge in [-0.15, -0.1) is 0 Å². The molecule has 7 nitrogen and oxygen atoms in total. The van der Waals surface area contributed by atoms with Crippen molar-refractivity contribution in [2.45, 2.75) is 56.1 Å². The van der Waals surface area contributed by atoms with E-state index in [0.29, 0.717) is 18.8 Å². The smallest absolute Gasteiger partial charge is 0.260 e. The van der Waals surface area contributed by atoms with Crippen LogP contribution < -0.4 is 15.0 Å². The third kappa shape index (κ3) is 5.24. The molecule has 2 aliphatic rings. The van der Waals surface area contributed by atoms with Gasteiger partial charge in [0, 0.05) is 6.04 Å². The minimum atomic E-state index is -3.48. The summed E-state index contributed by atoms with van der Waals surface area (Å²) in [5.74, 6) is 0.372. The van der Waals surface area contributed by atoms with Gasteiger partial charge in [0.1, 0.15) is 5.75 Å². The zero-order valence-corrected chi connectivity index (χ0v) is 17.6. The van der Waals surface area contributed by atoms with Gasteiger partial charge in [-0.2, -0.15) is 4.31 Å². The number of carbonyl (C=O) groups excluding carboxylic acids is 1. The van der Waals surface area contributed by atoms with Crippen LogP contribution in [-0.4, -0.2) is 64.0 Å². The molecule has 3 rings (SSSR count). The molecule has 1 saturated carbocycles. The zero-order chi connectivity index (χ0) is 20.1. The topological polar surface area (TPSA) is 80.2 Å². The summed E-state index contributed by atoms with van der Waals surface area (Å²) in [6.07, 6.45) is 4.99. The van der Waals surface area contributed by atoms with Gasteiger partial charge >= 0.3 is 0 Å². The van der Waals surface area contributed by atoms with Crippen molar-refractivity contribution in [3.05, 3.63) is 24.3 Å². The van der Waals surface area contributed by atoms with Gasteiger partial charge in [-0.05, 0) is 44.0 Å². The number of piperazine rings is 1. The van der Waals surface area contributed by atoms with Gasteiger partial charge in [0.2, 0.25) is 10.0 Å². The zero-order valence-electron chi connectivity index (χ0n) is 16.8. The van der Waals surface area contributed by atoms with Crippen LogP contribution in [0.3, 0.4) is 0 Å². The second kappa shape index (κ2) is 9.24. The number of amides is 1. The molecule has 1 amide bonds. The van der Waals surface area contributed by atoms with Gasteiger partial charge in [0.15, 0.2) is 6.10 Å². The summed E-state index contributed by atoms with van der Waals surface area (Å²) >= 11 is 0. The van der Waals surface area contributed by atoms with Crippen LogP contribution in [0.2, 0.25) is 0 Å². The molecule has 28 heavy (non-hydrogen) atoms. The number of sulfonamides is 1. The van der Waals surface area contributed by atoms with Crippen molar-refractivity contribution < 1.29 is 22.8 Å². The van der Waals surface area contributed by atoms with Gasteiger partial charge in [-0.3, -0.25) is 4.79 Å². The Morgan fingerprint density at radius 3 is 2.36 bits per heavy atom. The largest absolute Gasteiger partial charge is 0.481 e. The number of rotatable bonds is 6. The first-order valence-corrected chi connectivity index (χ1v) is 11.7. The molecule has 1 aromatic rings. The van der Waals surface area contributed by atoms with Crippen LogP contribution in [0.15, 0.2) is 29.2 Å². The van der Waals surface area contributed by atoms with E-state index in [9.17, 15) is 13.2 Å². The summed E-state index contributed by atoms with van der Waals surface area (Å²) in [7, 11) is -1.41. The lowest BCUT2D eigenvalue weighted by Gasteiger charge is -2.29. The number of hydrogen-bond acceptors (Lipinski definition) is 4. The highest BCUT2D eigenvalue weighted by Gasteiger charge is 2.29. The maximum absolute atomic E-state index is 12.8. The standard InChI is InChI=1S/C20H31N3O4S/c1-16(20(24)21-17-6-4-3-5-7-17)27-18-8-10-19(11-9-18)28(25,26)23-14-12-22(2)13-15-23/h8-11,16-17H,3-7,12-15H2,1-2H3,(H,21,24)/p+1/t16-/m1/s1. The molecule has 156 valence electrons. The Kier molecular flexibility index (Phi) is 6.95. The van der Waals surface area contributed by atoms with Crippen molar-refractivity contribution >= 4 is 15.9 Å². The van der Waals surface area contributed by atoms with Gasteiger partial charge in [0.05, 0.1) is 38.1 Å². The second-order valence-corrected chi connectivity index (χ2v) is 9.87. The Labute approximate surface area is 168 Å². The molecule has 0 bridgehead atoms. The molecular weight excluding hydrogens is 378 g/mol. The molecule has 0 unspecified atom stereocenters. The number of ether oxygens (including phenoxy) is 1. The maximum atomic E-state index is 12.8. The van der Waals surface area contributed by atoms with Gasteiger partial charge in [-0.25, -0.2) is 8.42 Å².